The zero-order valence-electron chi connectivity index (χ0n) is 8.69. The van der Waals surface area contributed by atoms with Crippen LogP contribution in [0, 0.1) is 4.91 Å². The number of pyridine rings is 1. The van der Waals surface area contributed by atoms with Gasteiger partial charge in [0.1, 0.15) is 17.1 Å². The largest absolute Gasteiger partial charge is 0.492 e. The number of rotatable bonds is 5. The average molecular weight is 208 g/mol. The number of aromatic nitrogens is 1. The van der Waals surface area contributed by atoms with Crippen LogP contribution in [-0.2, 0) is 4.74 Å². The van der Waals surface area contributed by atoms with Crippen molar-refractivity contribution < 1.29 is 9.47 Å². The molecule has 0 bridgehead atoms. The molecule has 1 rings (SSSR count). The Morgan fingerprint density at radius 3 is 2.87 bits per heavy atom. The first-order valence-corrected chi connectivity index (χ1v) is 4.43. The molecular weight excluding hydrogens is 196 g/mol. The van der Waals surface area contributed by atoms with Crippen LogP contribution in [0.3, 0.4) is 0 Å². The number of ether oxygens (including phenoxy) is 2. The SMILES string of the molecule is C=C(OCC)c1nc(OC)ccc1N=O. The Hall–Kier alpha value is -1.91. The molecule has 0 amide bonds. The third-order valence-corrected chi connectivity index (χ3v) is 1.74. The highest BCUT2D eigenvalue weighted by molar-refractivity contribution is 5.66. The number of hydrogen-bond acceptors (Lipinski definition) is 5. The maximum absolute atomic E-state index is 10.5. The van der Waals surface area contributed by atoms with Gasteiger partial charge in [0.2, 0.25) is 5.88 Å². The summed E-state index contributed by atoms with van der Waals surface area (Å²) in [5.74, 6) is 0.698. The molecule has 1 heterocycles. The Morgan fingerprint density at radius 1 is 1.60 bits per heavy atom. The molecule has 0 saturated heterocycles. The minimum Gasteiger partial charge on any atom is -0.492 e. The zero-order valence-corrected chi connectivity index (χ0v) is 8.69. The molecule has 5 heteroatoms. The van der Waals surface area contributed by atoms with E-state index in [4.69, 9.17) is 9.47 Å². The monoisotopic (exact) mass is 208 g/mol. The van der Waals surface area contributed by atoms with Gasteiger partial charge in [-0.1, -0.05) is 6.58 Å². The van der Waals surface area contributed by atoms with Gasteiger partial charge in [0.15, 0.2) is 0 Å². The highest BCUT2D eigenvalue weighted by atomic mass is 16.5. The van der Waals surface area contributed by atoms with E-state index >= 15 is 0 Å². The molecule has 0 aromatic carbocycles. The fraction of sp³-hybridized carbons (Fsp3) is 0.300. The van der Waals surface area contributed by atoms with Crippen LogP contribution in [0.25, 0.3) is 5.76 Å². The second-order valence-electron chi connectivity index (χ2n) is 2.67. The number of methoxy groups -OCH3 is 1. The fourth-order valence-corrected chi connectivity index (χ4v) is 1.07. The van der Waals surface area contributed by atoms with E-state index in [0.717, 1.165) is 0 Å². The van der Waals surface area contributed by atoms with Gasteiger partial charge in [-0.05, 0) is 18.2 Å². The van der Waals surface area contributed by atoms with Crippen molar-refractivity contribution >= 4 is 11.4 Å². The maximum Gasteiger partial charge on any atom is 0.213 e. The highest BCUT2D eigenvalue weighted by Gasteiger charge is 2.11. The summed E-state index contributed by atoms with van der Waals surface area (Å²) in [6.45, 7) is 5.93. The van der Waals surface area contributed by atoms with Crippen LogP contribution >= 0.6 is 0 Å². The van der Waals surface area contributed by atoms with E-state index in [-0.39, 0.29) is 5.69 Å². The van der Waals surface area contributed by atoms with E-state index in [0.29, 0.717) is 23.9 Å². The van der Waals surface area contributed by atoms with Crippen molar-refractivity contribution in [2.45, 2.75) is 6.92 Å². The van der Waals surface area contributed by atoms with E-state index in [2.05, 4.69) is 16.7 Å². The van der Waals surface area contributed by atoms with Crippen molar-refractivity contribution in [2.24, 2.45) is 5.18 Å². The van der Waals surface area contributed by atoms with Gasteiger partial charge in [-0.3, -0.25) is 0 Å². The molecule has 1 aromatic heterocycles. The number of nitroso groups, excluding NO2 is 1. The molecule has 15 heavy (non-hydrogen) atoms. The molecule has 5 nitrogen and oxygen atoms in total. The second kappa shape index (κ2) is 5.09. The first-order chi connectivity index (χ1) is 7.22. The van der Waals surface area contributed by atoms with Crippen LogP contribution in [0.4, 0.5) is 5.69 Å². The Labute approximate surface area is 87.7 Å². The van der Waals surface area contributed by atoms with Gasteiger partial charge in [0, 0.05) is 6.07 Å². The predicted octanol–water partition coefficient (Wildman–Crippen LogP) is 2.50. The minimum absolute atomic E-state index is 0.189. The van der Waals surface area contributed by atoms with E-state index in [1.54, 1.807) is 6.07 Å². The van der Waals surface area contributed by atoms with Crippen molar-refractivity contribution in [3.63, 3.8) is 0 Å². The van der Waals surface area contributed by atoms with E-state index < -0.39 is 0 Å². The molecule has 0 radical (unpaired) electrons. The highest BCUT2D eigenvalue weighted by Crippen LogP contribution is 2.26. The summed E-state index contributed by atoms with van der Waals surface area (Å²) in [5.41, 5.74) is 0.500. The van der Waals surface area contributed by atoms with Crippen LogP contribution in [0.15, 0.2) is 23.9 Å². The van der Waals surface area contributed by atoms with Crippen molar-refractivity contribution in [1.29, 1.82) is 0 Å². The van der Waals surface area contributed by atoms with E-state index in [9.17, 15) is 4.91 Å². The van der Waals surface area contributed by atoms with Gasteiger partial charge in [-0.25, -0.2) is 4.98 Å². The normalized spacial score (nSPS) is 9.47. The number of hydrogen-bond donors (Lipinski definition) is 0. The summed E-state index contributed by atoms with van der Waals surface area (Å²) in [7, 11) is 1.49. The van der Waals surface area contributed by atoms with Crippen LogP contribution in [-0.4, -0.2) is 18.7 Å². The number of nitrogens with zero attached hydrogens (tertiary/aromatic N) is 2. The standard InChI is InChI=1S/C10H12N2O3/c1-4-15-7(2)10-8(12-13)5-6-9(11-10)14-3/h5-6H,2,4H2,1,3H3. The Kier molecular flexibility index (Phi) is 3.79. The lowest BCUT2D eigenvalue weighted by atomic mass is 10.2. The lowest BCUT2D eigenvalue weighted by Crippen LogP contribution is -1.96. The van der Waals surface area contributed by atoms with Gasteiger partial charge >= 0.3 is 0 Å². The van der Waals surface area contributed by atoms with Gasteiger partial charge in [-0.2, -0.15) is 0 Å². The molecule has 80 valence electrons. The quantitative estimate of drug-likeness (QED) is 0.551. The molecule has 0 N–H and O–H groups in total. The molecular formula is C10H12N2O3. The average Bonchev–Trinajstić information content (AvgIpc) is 2.28. The maximum atomic E-state index is 10.5. The van der Waals surface area contributed by atoms with Crippen molar-refractivity contribution in [3.8, 4) is 5.88 Å². The van der Waals surface area contributed by atoms with Crippen LogP contribution < -0.4 is 4.74 Å². The van der Waals surface area contributed by atoms with E-state index in [1.807, 2.05) is 6.92 Å². The lowest BCUT2D eigenvalue weighted by Gasteiger charge is -2.08. The molecule has 0 saturated carbocycles. The summed E-state index contributed by atoms with van der Waals surface area (Å²) in [6.07, 6.45) is 0. The van der Waals surface area contributed by atoms with Crippen molar-refractivity contribution in [3.05, 3.63) is 29.3 Å². The van der Waals surface area contributed by atoms with Crippen LogP contribution in [0.5, 0.6) is 5.88 Å². The Bertz CT molecular complexity index is 377. The summed E-state index contributed by atoms with van der Waals surface area (Å²) in [4.78, 5) is 14.5. The van der Waals surface area contributed by atoms with Gasteiger partial charge in [-0.15, -0.1) is 4.91 Å². The lowest BCUT2D eigenvalue weighted by molar-refractivity contribution is 0.297. The third kappa shape index (κ3) is 2.52. The van der Waals surface area contributed by atoms with Crippen LogP contribution in [0.2, 0.25) is 0 Å². The van der Waals surface area contributed by atoms with Crippen molar-refractivity contribution in [1.82, 2.24) is 4.98 Å². The summed E-state index contributed by atoms with van der Waals surface area (Å²) < 4.78 is 10.1. The van der Waals surface area contributed by atoms with Gasteiger partial charge in [0.05, 0.1) is 13.7 Å². The first-order valence-electron chi connectivity index (χ1n) is 4.43. The van der Waals surface area contributed by atoms with Crippen molar-refractivity contribution in [2.75, 3.05) is 13.7 Å². The van der Waals surface area contributed by atoms with Gasteiger partial charge < -0.3 is 9.47 Å². The molecule has 0 aliphatic rings. The summed E-state index contributed by atoms with van der Waals surface area (Å²) in [5, 5.41) is 2.84. The molecule has 0 atom stereocenters. The molecule has 0 spiro atoms. The predicted molar refractivity (Wildman–Crippen MR) is 56.9 cm³/mol. The second-order valence-corrected chi connectivity index (χ2v) is 2.67. The molecule has 0 aliphatic carbocycles. The molecule has 1 aromatic rings. The minimum atomic E-state index is 0.189. The fourth-order valence-electron chi connectivity index (χ4n) is 1.07. The topological polar surface area (TPSA) is 60.8 Å². The first kappa shape index (κ1) is 11.2. The Balaban J connectivity index is 3.11. The summed E-state index contributed by atoms with van der Waals surface area (Å²) in [6, 6.07) is 3.07. The molecule has 0 unspecified atom stereocenters. The third-order valence-electron chi connectivity index (χ3n) is 1.74. The van der Waals surface area contributed by atoms with Crippen LogP contribution in [0.1, 0.15) is 12.6 Å². The van der Waals surface area contributed by atoms with Gasteiger partial charge in [0.25, 0.3) is 0 Å². The smallest absolute Gasteiger partial charge is 0.213 e. The molecule has 0 aliphatic heterocycles. The van der Waals surface area contributed by atoms with E-state index in [1.165, 1.54) is 13.2 Å². The zero-order chi connectivity index (χ0) is 11.3. The summed E-state index contributed by atoms with van der Waals surface area (Å²) >= 11 is 0. The Morgan fingerprint density at radius 2 is 2.33 bits per heavy atom. The molecule has 0 fully saturated rings.